The third-order valence-electron chi connectivity index (χ3n) is 0.536. The molecule has 0 aliphatic carbocycles. The van der Waals surface area contributed by atoms with Crippen LogP contribution in [-0.2, 0) is 0 Å². The van der Waals surface area contributed by atoms with Crippen LogP contribution < -0.4 is 11.3 Å². The summed E-state index contributed by atoms with van der Waals surface area (Å²) in [7, 11) is 0. The predicted molar refractivity (Wildman–Crippen MR) is 22.4 cm³/mol. The van der Waals surface area contributed by atoms with Crippen LogP contribution in [0.2, 0.25) is 0 Å². The topological polar surface area (TPSA) is 81.7 Å². The standard InChI is InChI=1S/C2H4N5/c3-5-2-1-4-7-6-2/h1H,3H2,(H,4,6,7). The van der Waals surface area contributed by atoms with Gasteiger partial charge >= 0.3 is 0 Å². The number of nitrogens with two attached hydrogens (primary N) is 1. The van der Waals surface area contributed by atoms with Crippen molar-refractivity contribution in [3.05, 3.63) is 6.20 Å². The lowest BCUT2D eigenvalue weighted by Crippen LogP contribution is -2.04. The van der Waals surface area contributed by atoms with Crippen molar-refractivity contribution >= 4 is 5.82 Å². The molecule has 1 radical (unpaired) electrons. The molecule has 0 saturated carbocycles. The fourth-order valence-corrected chi connectivity index (χ4v) is 0.259. The maximum absolute atomic E-state index is 4.80. The van der Waals surface area contributed by atoms with Crippen molar-refractivity contribution in [2.75, 3.05) is 0 Å². The first-order valence-electron chi connectivity index (χ1n) is 1.71. The van der Waals surface area contributed by atoms with Gasteiger partial charge in [0.05, 0.1) is 6.20 Å². The van der Waals surface area contributed by atoms with E-state index in [1.807, 2.05) is 0 Å². The van der Waals surface area contributed by atoms with Crippen molar-refractivity contribution in [2.45, 2.75) is 0 Å². The van der Waals surface area contributed by atoms with Gasteiger partial charge in [-0.15, -0.1) is 5.10 Å². The third kappa shape index (κ3) is 0.660. The summed E-state index contributed by atoms with van der Waals surface area (Å²) in [5, 5.41) is 9.23. The van der Waals surface area contributed by atoms with Crippen LogP contribution >= 0.6 is 0 Å². The molecule has 1 aromatic rings. The van der Waals surface area contributed by atoms with E-state index in [4.69, 9.17) is 5.84 Å². The van der Waals surface area contributed by atoms with Gasteiger partial charge in [-0.05, 0) is 0 Å². The molecule has 0 atom stereocenters. The molecule has 7 heavy (non-hydrogen) atoms. The number of H-pyrrole nitrogens is 1. The fourth-order valence-electron chi connectivity index (χ4n) is 0.259. The van der Waals surface area contributed by atoms with Crippen LogP contribution in [0.25, 0.3) is 0 Å². The molecule has 0 spiro atoms. The Morgan fingerprint density at radius 3 is 3.00 bits per heavy atom. The SMILES string of the molecule is N[N]c1c[nH]nn1. The Balaban J connectivity index is 2.76. The lowest BCUT2D eigenvalue weighted by Gasteiger charge is -1.77. The minimum atomic E-state index is 0.417. The molecular weight excluding hydrogens is 94.1 g/mol. The van der Waals surface area contributed by atoms with Crippen molar-refractivity contribution < 1.29 is 0 Å². The van der Waals surface area contributed by atoms with E-state index in [1.165, 1.54) is 6.20 Å². The van der Waals surface area contributed by atoms with Crippen molar-refractivity contribution in [1.82, 2.24) is 20.8 Å². The Kier molecular flexibility index (Phi) is 0.910. The summed E-state index contributed by atoms with van der Waals surface area (Å²) < 4.78 is 0. The van der Waals surface area contributed by atoms with Gasteiger partial charge in [0.25, 0.3) is 0 Å². The molecule has 1 aromatic heterocycles. The first-order valence-corrected chi connectivity index (χ1v) is 1.71. The Morgan fingerprint density at radius 1 is 1.86 bits per heavy atom. The van der Waals surface area contributed by atoms with E-state index >= 15 is 0 Å². The summed E-state index contributed by atoms with van der Waals surface area (Å²) in [6.07, 6.45) is 1.50. The van der Waals surface area contributed by atoms with Gasteiger partial charge < -0.3 is 0 Å². The van der Waals surface area contributed by atoms with Crippen molar-refractivity contribution in [3.8, 4) is 0 Å². The average molecular weight is 98.1 g/mol. The van der Waals surface area contributed by atoms with E-state index in [2.05, 4.69) is 20.8 Å². The van der Waals surface area contributed by atoms with Crippen LogP contribution in [-0.4, -0.2) is 15.4 Å². The Labute approximate surface area is 39.9 Å². The van der Waals surface area contributed by atoms with E-state index in [-0.39, 0.29) is 0 Å². The number of nitrogens with one attached hydrogen (secondary N) is 1. The molecule has 0 aromatic carbocycles. The van der Waals surface area contributed by atoms with Gasteiger partial charge in [0.15, 0.2) is 0 Å². The van der Waals surface area contributed by atoms with Crippen LogP contribution in [0.15, 0.2) is 6.20 Å². The molecule has 0 aliphatic heterocycles. The highest BCUT2D eigenvalue weighted by Gasteiger charge is 1.86. The first kappa shape index (κ1) is 4.07. The molecular formula is C2H4N5. The number of nitrogens with zero attached hydrogens (tertiary/aromatic N) is 3. The van der Waals surface area contributed by atoms with Gasteiger partial charge in [-0.3, -0.25) is 5.10 Å². The van der Waals surface area contributed by atoms with Crippen LogP contribution in [0.1, 0.15) is 0 Å². The zero-order chi connectivity index (χ0) is 5.11. The Bertz CT molecular complexity index is 121. The average Bonchev–Trinajstić information content (AvgIpc) is 2.14. The van der Waals surface area contributed by atoms with Gasteiger partial charge in [0, 0.05) is 0 Å². The molecule has 0 aliphatic rings. The zero-order valence-electron chi connectivity index (χ0n) is 3.50. The third-order valence-corrected chi connectivity index (χ3v) is 0.536. The molecule has 0 amide bonds. The number of hydrogen-bond acceptors (Lipinski definition) is 3. The van der Waals surface area contributed by atoms with Crippen LogP contribution in [0, 0.1) is 0 Å². The molecule has 0 bridgehead atoms. The zero-order valence-corrected chi connectivity index (χ0v) is 3.50. The van der Waals surface area contributed by atoms with Crippen molar-refractivity contribution in [1.29, 1.82) is 0 Å². The van der Waals surface area contributed by atoms with E-state index in [0.717, 1.165) is 0 Å². The van der Waals surface area contributed by atoms with Gasteiger partial charge in [-0.2, -0.15) is 5.43 Å². The number of aromatic nitrogens is 3. The quantitative estimate of drug-likeness (QED) is 0.346. The minimum absolute atomic E-state index is 0.417. The lowest BCUT2D eigenvalue weighted by atomic mass is 10.8. The maximum atomic E-state index is 4.80. The second-order valence-corrected chi connectivity index (χ2v) is 0.961. The summed E-state index contributed by atoms with van der Waals surface area (Å²) >= 11 is 0. The molecule has 0 unspecified atom stereocenters. The van der Waals surface area contributed by atoms with Gasteiger partial charge in [-0.1, -0.05) is 5.21 Å². The first-order chi connectivity index (χ1) is 3.43. The maximum Gasteiger partial charge on any atom is 0.207 e. The summed E-state index contributed by atoms with van der Waals surface area (Å²) in [6.45, 7) is 0. The molecule has 0 saturated heterocycles. The number of rotatable bonds is 1. The second-order valence-electron chi connectivity index (χ2n) is 0.961. The largest absolute Gasteiger partial charge is 0.263 e. The minimum Gasteiger partial charge on any atom is -0.263 e. The monoisotopic (exact) mass is 98.0 g/mol. The lowest BCUT2D eigenvalue weighted by molar-refractivity contribution is 0.880. The summed E-state index contributed by atoms with van der Waals surface area (Å²) in [5.74, 6) is 5.21. The van der Waals surface area contributed by atoms with E-state index in [9.17, 15) is 0 Å². The van der Waals surface area contributed by atoms with Crippen LogP contribution in [0.4, 0.5) is 5.82 Å². The van der Waals surface area contributed by atoms with E-state index < -0.39 is 0 Å². The van der Waals surface area contributed by atoms with Crippen molar-refractivity contribution in [2.24, 2.45) is 5.84 Å². The Morgan fingerprint density at radius 2 is 2.71 bits per heavy atom. The molecule has 1 rings (SSSR count). The fraction of sp³-hybridized carbons (Fsp3) is 0. The van der Waals surface area contributed by atoms with Gasteiger partial charge in [0.1, 0.15) is 0 Å². The molecule has 1 heterocycles. The molecule has 3 N–H and O–H groups in total. The molecule has 5 heteroatoms. The summed E-state index contributed by atoms with van der Waals surface area (Å²) in [6, 6.07) is 0. The molecule has 37 valence electrons. The smallest absolute Gasteiger partial charge is 0.207 e. The van der Waals surface area contributed by atoms with Crippen molar-refractivity contribution in [3.63, 3.8) is 0 Å². The molecule has 5 nitrogen and oxygen atoms in total. The number of hydrogen-bond donors (Lipinski definition) is 2. The predicted octanol–water partition coefficient (Wildman–Crippen LogP) is -1.09. The highest BCUT2D eigenvalue weighted by atomic mass is 15.4. The Hall–Kier alpha value is -1.10. The van der Waals surface area contributed by atoms with Gasteiger partial charge in [0.2, 0.25) is 5.82 Å². The highest BCUT2D eigenvalue weighted by molar-refractivity contribution is 5.14. The van der Waals surface area contributed by atoms with Crippen LogP contribution in [0.5, 0.6) is 0 Å². The van der Waals surface area contributed by atoms with E-state index in [1.54, 1.807) is 0 Å². The summed E-state index contributed by atoms with van der Waals surface area (Å²) in [4.78, 5) is 0. The normalized spacial score (nSPS) is 8.71. The summed E-state index contributed by atoms with van der Waals surface area (Å²) in [5.41, 5.74) is 3.23. The molecule has 0 fully saturated rings. The number of aromatic amines is 1. The van der Waals surface area contributed by atoms with Crippen LogP contribution in [0.3, 0.4) is 0 Å². The second kappa shape index (κ2) is 1.57. The highest BCUT2D eigenvalue weighted by Crippen LogP contribution is 1.88. The van der Waals surface area contributed by atoms with E-state index in [0.29, 0.717) is 5.82 Å². The van der Waals surface area contributed by atoms with Gasteiger partial charge in [-0.25, -0.2) is 5.84 Å².